The third-order valence-corrected chi connectivity index (χ3v) is 4.32. The summed E-state index contributed by atoms with van der Waals surface area (Å²) in [5.74, 6) is 0.0518. The quantitative estimate of drug-likeness (QED) is 0.684. The van der Waals surface area contributed by atoms with Crippen LogP contribution in [0, 0.1) is 13.8 Å². The van der Waals surface area contributed by atoms with Gasteiger partial charge in [0.25, 0.3) is 11.8 Å². The molecule has 0 saturated carbocycles. The van der Waals surface area contributed by atoms with Crippen LogP contribution in [0.15, 0.2) is 66.7 Å². The zero-order chi connectivity index (χ0) is 20.1. The molecule has 3 aromatic rings. The number of hydrogen-bond donors (Lipinski definition) is 2. The first-order chi connectivity index (χ1) is 13.4. The number of aromatic nitrogens is 1. The van der Waals surface area contributed by atoms with E-state index in [2.05, 4.69) is 10.7 Å². The van der Waals surface area contributed by atoms with E-state index in [1.165, 1.54) is 0 Å². The van der Waals surface area contributed by atoms with Crippen molar-refractivity contribution in [2.75, 3.05) is 10.7 Å². The summed E-state index contributed by atoms with van der Waals surface area (Å²) in [7, 11) is 0. The van der Waals surface area contributed by atoms with Crippen molar-refractivity contribution in [2.24, 2.45) is 0 Å². The minimum absolute atomic E-state index is 0.219. The van der Waals surface area contributed by atoms with Gasteiger partial charge in [0.05, 0.1) is 0 Å². The van der Waals surface area contributed by atoms with Crippen molar-refractivity contribution in [2.45, 2.75) is 26.9 Å². The Morgan fingerprint density at radius 2 is 1.50 bits per heavy atom. The highest BCUT2D eigenvalue weighted by atomic mass is 16.5. The molecule has 1 unspecified atom stereocenters. The standard InChI is InChI=1S/C22H23N3O3/c1-15-9-10-16(2)25(15)24-22(27)18-11-13-20(14-12-18)28-17(3)21(26)23-19-7-5-4-6-8-19/h4-14,17H,1-3H3,(H,23,26)(H,24,27). The average molecular weight is 377 g/mol. The van der Waals surface area contributed by atoms with Crippen molar-refractivity contribution in [3.63, 3.8) is 0 Å². The number of ether oxygens (including phenoxy) is 1. The molecule has 144 valence electrons. The number of benzene rings is 2. The van der Waals surface area contributed by atoms with E-state index in [-0.39, 0.29) is 11.8 Å². The van der Waals surface area contributed by atoms with Gasteiger partial charge in [-0.25, -0.2) is 0 Å². The summed E-state index contributed by atoms with van der Waals surface area (Å²) >= 11 is 0. The van der Waals surface area contributed by atoms with E-state index in [1.54, 1.807) is 35.9 Å². The Morgan fingerprint density at radius 1 is 0.893 bits per heavy atom. The lowest BCUT2D eigenvalue weighted by atomic mass is 10.2. The summed E-state index contributed by atoms with van der Waals surface area (Å²) in [6, 6.07) is 19.8. The molecule has 0 fully saturated rings. The molecule has 28 heavy (non-hydrogen) atoms. The SMILES string of the molecule is Cc1ccc(C)n1NC(=O)c1ccc(OC(C)C(=O)Nc2ccccc2)cc1. The Hall–Kier alpha value is -3.54. The van der Waals surface area contributed by atoms with Gasteiger partial charge in [-0.15, -0.1) is 0 Å². The molecule has 0 aliphatic carbocycles. The van der Waals surface area contributed by atoms with Gasteiger partial charge >= 0.3 is 0 Å². The zero-order valence-corrected chi connectivity index (χ0v) is 16.1. The lowest BCUT2D eigenvalue weighted by molar-refractivity contribution is -0.122. The van der Waals surface area contributed by atoms with Gasteiger partial charge in [0, 0.05) is 22.6 Å². The number of rotatable bonds is 6. The summed E-state index contributed by atoms with van der Waals surface area (Å²) in [5, 5.41) is 2.80. The summed E-state index contributed by atoms with van der Waals surface area (Å²) in [6.45, 7) is 5.52. The largest absolute Gasteiger partial charge is 0.481 e. The highest BCUT2D eigenvalue weighted by molar-refractivity contribution is 6.00. The fourth-order valence-corrected chi connectivity index (χ4v) is 2.72. The zero-order valence-electron chi connectivity index (χ0n) is 16.1. The number of nitrogens with one attached hydrogen (secondary N) is 2. The first-order valence-corrected chi connectivity index (χ1v) is 9.03. The number of hydrogen-bond acceptors (Lipinski definition) is 3. The number of amides is 2. The molecule has 6 heteroatoms. The normalized spacial score (nSPS) is 11.5. The second-order valence-electron chi connectivity index (χ2n) is 6.53. The first kappa shape index (κ1) is 19.2. The summed E-state index contributed by atoms with van der Waals surface area (Å²) in [5.41, 5.74) is 5.96. The van der Waals surface area contributed by atoms with E-state index >= 15 is 0 Å². The van der Waals surface area contributed by atoms with Crippen LogP contribution in [-0.4, -0.2) is 22.6 Å². The molecule has 6 nitrogen and oxygen atoms in total. The molecule has 0 bridgehead atoms. The van der Waals surface area contributed by atoms with Crippen LogP contribution >= 0.6 is 0 Å². The molecule has 0 spiro atoms. The van der Waals surface area contributed by atoms with E-state index in [4.69, 9.17) is 4.74 Å². The molecule has 3 rings (SSSR count). The Morgan fingerprint density at radius 3 is 2.11 bits per heavy atom. The maximum absolute atomic E-state index is 12.4. The monoisotopic (exact) mass is 377 g/mol. The third kappa shape index (κ3) is 4.59. The second-order valence-corrected chi connectivity index (χ2v) is 6.53. The molecule has 1 heterocycles. The molecular formula is C22H23N3O3. The van der Waals surface area contributed by atoms with Gasteiger partial charge < -0.3 is 10.1 Å². The number of carbonyl (C=O) groups excluding carboxylic acids is 2. The Kier molecular flexibility index (Phi) is 5.79. The van der Waals surface area contributed by atoms with Gasteiger partial charge in [0.2, 0.25) is 0 Å². The Balaban J connectivity index is 1.59. The van der Waals surface area contributed by atoms with Gasteiger partial charge in [-0.3, -0.25) is 19.7 Å². The Bertz CT molecular complexity index is 943. The fraction of sp³-hybridized carbons (Fsp3) is 0.182. The molecular weight excluding hydrogens is 354 g/mol. The second kappa shape index (κ2) is 8.43. The van der Waals surface area contributed by atoms with Crippen LogP contribution in [-0.2, 0) is 4.79 Å². The lowest BCUT2D eigenvalue weighted by Crippen LogP contribution is -2.30. The van der Waals surface area contributed by atoms with E-state index in [0.717, 1.165) is 11.4 Å². The van der Waals surface area contributed by atoms with Gasteiger partial charge in [0.1, 0.15) is 5.75 Å². The summed E-state index contributed by atoms with van der Waals surface area (Å²) in [4.78, 5) is 24.7. The van der Waals surface area contributed by atoms with E-state index in [9.17, 15) is 9.59 Å². The van der Waals surface area contributed by atoms with Crippen LogP contribution in [0.25, 0.3) is 0 Å². The van der Waals surface area contributed by atoms with Crippen molar-refractivity contribution >= 4 is 17.5 Å². The van der Waals surface area contributed by atoms with Crippen molar-refractivity contribution in [3.8, 4) is 5.75 Å². The predicted octanol–water partition coefficient (Wildman–Crippen LogP) is 3.89. The molecule has 1 atom stereocenters. The third-order valence-electron chi connectivity index (χ3n) is 4.32. The molecule has 1 aromatic heterocycles. The van der Waals surface area contributed by atoms with E-state index in [0.29, 0.717) is 17.0 Å². The van der Waals surface area contributed by atoms with Gasteiger partial charge in [0.15, 0.2) is 6.10 Å². The lowest BCUT2D eigenvalue weighted by Gasteiger charge is -2.15. The number of anilines is 1. The maximum Gasteiger partial charge on any atom is 0.270 e. The smallest absolute Gasteiger partial charge is 0.270 e. The Labute approximate surface area is 164 Å². The van der Waals surface area contributed by atoms with Crippen LogP contribution in [0.3, 0.4) is 0 Å². The summed E-state index contributed by atoms with van der Waals surface area (Å²) < 4.78 is 7.42. The predicted molar refractivity (Wildman–Crippen MR) is 109 cm³/mol. The van der Waals surface area contributed by atoms with Crippen LogP contribution in [0.4, 0.5) is 5.69 Å². The molecule has 0 radical (unpaired) electrons. The molecule has 2 aromatic carbocycles. The number of para-hydroxylation sites is 1. The van der Waals surface area contributed by atoms with E-state index < -0.39 is 6.10 Å². The van der Waals surface area contributed by atoms with Crippen LogP contribution in [0.1, 0.15) is 28.7 Å². The van der Waals surface area contributed by atoms with E-state index in [1.807, 2.05) is 56.3 Å². The van der Waals surface area contributed by atoms with Crippen molar-refractivity contribution < 1.29 is 14.3 Å². The summed E-state index contributed by atoms with van der Waals surface area (Å²) in [6.07, 6.45) is -0.676. The van der Waals surface area contributed by atoms with Crippen LogP contribution in [0.2, 0.25) is 0 Å². The minimum Gasteiger partial charge on any atom is -0.481 e. The average Bonchev–Trinajstić information content (AvgIpc) is 3.01. The van der Waals surface area contributed by atoms with Crippen molar-refractivity contribution in [3.05, 3.63) is 83.7 Å². The highest BCUT2D eigenvalue weighted by Crippen LogP contribution is 2.16. The number of carbonyl (C=O) groups is 2. The fourth-order valence-electron chi connectivity index (χ4n) is 2.72. The van der Waals surface area contributed by atoms with Crippen LogP contribution < -0.4 is 15.5 Å². The molecule has 2 N–H and O–H groups in total. The number of aryl methyl sites for hydroxylation is 2. The van der Waals surface area contributed by atoms with Crippen molar-refractivity contribution in [1.29, 1.82) is 0 Å². The molecule has 0 saturated heterocycles. The topological polar surface area (TPSA) is 72.4 Å². The van der Waals surface area contributed by atoms with Gasteiger partial charge in [-0.05, 0) is 69.3 Å². The molecule has 0 aliphatic rings. The van der Waals surface area contributed by atoms with Crippen LogP contribution in [0.5, 0.6) is 5.75 Å². The first-order valence-electron chi connectivity index (χ1n) is 9.03. The molecule has 0 aliphatic heterocycles. The minimum atomic E-state index is -0.676. The van der Waals surface area contributed by atoms with Gasteiger partial charge in [-0.1, -0.05) is 18.2 Å². The maximum atomic E-state index is 12.4. The van der Waals surface area contributed by atoms with Crippen molar-refractivity contribution in [1.82, 2.24) is 4.68 Å². The highest BCUT2D eigenvalue weighted by Gasteiger charge is 2.15. The molecule has 2 amide bonds. The number of nitrogens with zero attached hydrogens (tertiary/aromatic N) is 1. The van der Waals surface area contributed by atoms with Gasteiger partial charge in [-0.2, -0.15) is 0 Å².